The summed E-state index contributed by atoms with van der Waals surface area (Å²) in [5.41, 5.74) is 1.15. The molecule has 0 bridgehead atoms. The molecule has 0 aromatic heterocycles. The number of nitrogens with one attached hydrogen (secondary N) is 1. The normalized spacial score (nSPS) is 24.8. The van der Waals surface area contributed by atoms with E-state index in [0.717, 1.165) is 22.9 Å². The maximum atomic E-state index is 12.9. The molecule has 118 valence electrons. The van der Waals surface area contributed by atoms with E-state index in [1.54, 1.807) is 0 Å². The number of halogens is 4. The zero-order valence-corrected chi connectivity index (χ0v) is 13.7. The molecule has 1 saturated carbocycles. The maximum absolute atomic E-state index is 12.9. The van der Waals surface area contributed by atoms with Crippen LogP contribution in [-0.2, 0) is 6.42 Å². The molecule has 0 amide bonds. The van der Waals surface area contributed by atoms with E-state index in [1.807, 2.05) is 31.3 Å². The Labute approximate surface area is 132 Å². The molecule has 21 heavy (non-hydrogen) atoms. The summed E-state index contributed by atoms with van der Waals surface area (Å²) in [6, 6.07) is 8.08. The number of hydrogen-bond donors (Lipinski definition) is 1. The highest BCUT2D eigenvalue weighted by Crippen LogP contribution is 2.41. The van der Waals surface area contributed by atoms with E-state index < -0.39 is 12.1 Å². The number of hydrogen-bond acceptors (Lipinski definition) is 1. The van der Waals surface area contributed by atoms with E-state index in [0.29, 0.717) is 6.42 Å². The van der Waals surface area contributed by atoms with Gasteiger partial charge < -0.3 is 5.32 Å². The molecule has 0 radical (unpaired) electrons. The van der Waals surface area contributed by atoms with Gasteiger partial charge in [-0.15, -0.1) is 0 Å². The van der Waals surface area contributed by atoms with E-state index in [4.69, 9.17) is 0 Å². The molecular weight excluding hydrogens is 343 g/mol. The largest absolute Gasteiger partial charge is 0.391 e. The molecule has 1 aliphatic carbocycles. The second kappa shape index (κ2) is 7.14. The van der Waals surface area contributed by atoms with Gasteiger partial charge >= 0.3 is 6.18 Å². The summed E-state index contributed by atoms with van der Waals surface area (Å²) in [5.74, 6) is -1.04. The molecule has 2 rings (SSSR count). The van der Waals surface area contributed by atoms with Crippen LogP contribution in [0, 0.1) is 11.8 Å². The number of likely N-dealkylation sites (N-methyl/N-ethyl adjacent to an activating group) is 1. The molecule has 0 spiro atoms. The van der Waals surface area contributed by atoms with Crippen LogP contribution in [0.3, 0.4) is 0 Å². The third kappa shape index (κ3) is 4.71. The van der Waals surface area contributed by atoms with Crippen LogP contribution in [0.5, 0.6) is 0 Å². The number of alkyl halides is 3. The quantitative estimate of drug-likeness (QED) is 0.797. The first-order valence-electron chi connectivity index (χ1n) is 7.38. The molecule has 0 heterocycles. The molecule has 1 aromatic rings. The lowest BCUT2D eigenvalue weighted by atomic mass is 9.76. The van der Waals surface area contributed by atoms with Crippen LogP contribution in [0.2, 0.25) is 0 Å². The van der Waals surface area contributed by atoms with Crippen LogP contribution in [-0.4, -0.2) is 19.3 Å². The monoisotopic (exact) mass is 363 g/mol. The van der Waals surface area contributed by atoms with Crippen molar-refractivity contribution in [1.29, 1.82) is 0 Å². The van der Waals surface area contributed by atoms with E-state index in [9.17, 15) is 13.2 Å². The fourth-order valence-electron chi connectivity index (χ4n) is 3.31. The Balaban J connectivity index is 2.03. The smallest absolute Gasteiger partial charge is 0.316 e. The fourth-order valence-corrected chi connectivity index (χ4v) is 3.76. The van der Waals surface area contributed by atoms with Gasteiger partial charge in [0.2, 0.25) is 0 Å². The summed E-state index contributed by atoms with van der Waals surface area (Å²) < 4.78 is 39.8. The SMILES string of the molecule is CNC(Cc1cccc(Br)c1)C1CCCC(C(F)(F)F)C1. The highest BCUT2D eigenvalue weighted by atomic mass is 79.9. The van der Waals surface area contributed by atoms with Crippen molar-refractivity contribution in [2.24, 2.45) is 11.8 Å². The Morgan fingerprint density at radius 1 is 1.33 bits per heavy atom. The Bertz CT molecular complexity index is 461. The first-order valence-corrected chi connectivity index (χ1v) is 8.18. The van der Waals surface area contributed by atoms with E-state index >= 15 is 0 Å². The Hall–Kier alpha value is -0.550. The predicted octanol–water partition coefficient (Wildman–Crippen LogP) is 4.95. The molecule has 1 aliphatic rings. The van der Waals surface area contributed by atoms with Crippen molar-refractivity contribution in [3.63, 3.8) is 0 Å². The van der Waals surface area contributed by atoms with Gasteiger partial charge in [0.05, 0.1) is 5.92 Å². The summed E-state index contributed by atoms with van der Waals surface area (Å²) in [6.45, 7) is 0. The van der Waals surface area contributed by atoms with Crippen molar-refractivity contribution in [3.8, 4) is 0 Å². The zero-order chi connectivity index (χ0) is 15.5. The minimum absolute atomic E-state index is 0.0920. The second-order valence-corrected chi connectivity index (χ2v) is 6.81. The van der Waals surface area contributed by atoms with Gasteiger partial charge in [-0.1, -0.05) is 34.5 Å². The predicted molar refractivity (Wildman–Crippen MR) is 82.2 cm³/mol. The Morgan fingerprint density at radius 3 is 2.71 bits per heavy atom. The van der Waals surface area contributed by atoms with Gasteiger partial charge in [-0.2, -0.15) is 13.2 Å². The standard InChI is InChI=1S/C16H21BrF3N/c1-21-15(9-11-4-2-7-14(17)8-11)12-5-3-6-13(10-12)16(18,19)20/h2,4,7-8,12-13,15,21H,3,5-6,9-10H2,1H3. The molecule has 3 unspecified atom stereocenters. The summed E-state index contributed by atoms with van der Waals surface area (Å²) >= 11 is 3.44. The summed E-state index contributed by atoms with van der Waals surface area (Å²) in [4.78, 5) is 0. The van der Waals surface area contributed by atoms with Crippen LogP contribution in [0.1, 0.15) is 31.2 Å². The molecule has 1 fully saturated rings. The van der Waals surface area contributed by atoms with Crippen molar-refractivity contribution in [1.82, 2.24) is 5.32 Å². The third-order valence-corrected chi connectivity index (χ3v) is 4.96. The van der Waals surface area contributed by atoms with Crippen molar-refractivity contribution in [3.05, 3.63) is 34.3 Å². The van der Waals surface area contributed by atoms with Crippen LogP contribution in [0.25, 0.3) is 0 Å². The van der Waals surface area contributed by atoms with Crippen molar-refractivity contribution >= 4 is 15.9 Å². The summed E-state index contributed by atoms with van der Waals surface area (Å²) in [5, 5.41) is 3.23. The maximum Gasteiger partial charge on any atom is 0.391 e. The first-order chi connectivity index (χ1) is 9.90. The summed E-state index contributed by atoms with van der Waals surface area (Å²) in [7, 11) is 1.85. The molecule has 0 saturated heterocycles. The van der Waals surface area contributed by atoms with Crippen LogP contribution >= 0.6 is 15.9 Å². The average molecular weight is 364 g/mol. The molecular formula is C16H21BrF3N. The van der Waals surface area contributed by atoms with E-state index in [1.165, 1.54) is 0 Å². The molecule has 1 aromatic carbocycles. The van der Waals surface area contributed by atoms with Crippen LogP contribution < -0.4 is 5.32 Å². The number of rotatable bonds is 4. The molecule has 1 nitrogen and oxygen atoms in total. The van der Waals surface area contributed by atoms with Gasteiger partial charge in [0.1, 0.15) is 0 Å². The van der Waals surface area contributed by atoms with Gasteiger partial charge in [0.25, 0.3) is 0 Å². The molecule has 1 N–H and O–H groups in total. The lowest BCUT2D eigenvalue weighted by Crippen LogP contribution is -2.40. The lowest BCUT2D eigenvalue weighted by Gasteiger charge is -2.35. The molecule has 0 aliphatic heterocycles. The Kier molecular flexibility index (Phi) is 5.72. The van der Waals surface area contributed by atoms with E-state index in [-0.39, 0.29) is 24.8 Å². The zero-order valence-electron chi connectivity index (χ0n) is 12.1. The minimum atomic E-state index is -4.05. The molecule has 3 atom stereocenters. The highest BCUT2D eigenvalue weighted by molar-refractivity contribution is 9.10. The van der Waals surface area contributed by atoms with Gasteiger partial charge in [-0.05, 0) is 56.3 Å². The lowest BCUT2D eigenvalue weighted by molar-refractivity contribution is -0.186. The highest BCUT2D eigenvalue weighted by Gasteiger charge is 2.43. The molecule has 5 heteroatoms. The van der Waals surface area contributed by atoms with Crippen molar-refractivity contribution in [2.75, 3.05) is 7.05 Å². The van der Waals surface area contributed by atoms with Gasteiger partial charge in [-0.3, -0.25) is 0 Å². The second-order valence-electron chi connectivity index (χ2n) is 5.89. The number of benzene rings is 1. The van der Waals surface area contributed by atoms with Gasteiger partial charge in [0.15, 0.2) is 0 Å². The van der Waals surface area contributed by atoms with E-state index in [2.05, 4.69) is 21.2 Å². The average Bonchev–Trinajstić information content (AvgIpc) is 2.44. The fraction of sp³-hybridized carbons (Fsp3) is 0.625. The third-order valence-electron chi connectivity index (χ3n) is 4.46. The topological polar surface area (TPSA) is 12.0 Å². The Morgan fingerprint density at radius 2 is 2.10 bits per heavy atom. The van der Waals surface area contributed by atoms with Gasteiger partial charge in [-0.25, -0.2) is 0 Å². The first kappa shape index (κ1) is 16.8. The minimum Gasteiger partial charge on any atom is -0.316 e. The van der Waals surface area contributed by atoms with Gasteiger partial charge in [0, 0.05) is 10.5 Å². The van der Waals surface area contributed by atoms with Crippen LogP contribution in [0.4, 0.5) is 13.2 Å². The van der Waals surface area contributed by atoms with Crippen molar-refractivity contribution in [2.45, 2.75) is 44.3 Å². The van der Waals surface area contributed by atoms with Crippen molar-refractivity contribution < 1.29 is 13.2 Å². The van der Waals surface area contributed by atoms with Crippen LogP contribution in [0.15, 0.2) is 28.7 Å². The summed E-state index contributed by atoms with van der Waals surface area (Å²) in [6.07, 6.45) is -1.19.